The predicted molar refractivity (Wildman–Crippen MR) is 70.0 cm³/mol. The van der Waals surface area contributed by atoms with Gasteiger partial charge in [0.2, 0.25) is 0 Å². The lowest BCUT2D eigenvalue weighted by molar-refractivity contribution is -0.0203. The average molecular weight is 251 g/mol. The van der Waals surface area contributed by atoms with Gasteiger partial charge in [-0.15, -0.1) is 0 Å². The fourth-order valence-corrected chi connectivity index (χ4v) is 1.55. The molecule has 2 N–H and O–H groups in total. The minimum atomic E-state index is -1.40. The van der Waals surface area contributed by atoms with Crippen molar-refractivity contribution in [3.63, 3.8) is 0 Å². The summed E-state index contributed by atoms with van der Waals surface area (Å²) in [5.41, 5.74) is -1.35. The number of benzene rings is 1. The highest BCUT2D eigenvalue weighted by molar-refractivity contribution is 5.68. The van der Waals surface area contributed by atoms with E-state index < -0.39 is 17.4 Å². The smallest absolute Gasteiger partial charge is 0.410 e. The molecular formula is C14H21NO3. The van der Waals surface area contributed by atoms with Crippen LogP contribution in [0, 0.1) is 0 Å². The first-order chi connectivity index (χ1) is 8.27. The van der Waals surface area contributed by atoms with Crippen LogP contribution in [0.3, 0.4) is 0 Å². The van der Waals surface area contributed by atoms with Crippen molar-refractivity contribution in [2.24, 2.45) is 0 Å². The summed E-state index contributed by atoms with van der Waals surface area (Å²) in [6.45, 7) is 7.13. The summed E-state index contributed by atoms with van der Waals surface area (Å²) in [4.78, 5) is 11.7. The van der Waals surface area contributed by atoms with Gasteiger partial charge in [0, 0.05) is 5.56 Å². The van der Waals surface area contributed by atoms with E-state index in [4.69, 9.17) is 4.74 Å². The van der Waals surface area contributed by atoms with Crippen molar-refractivity contribution in [1.82, 2.24) is 5.32 Å². The summed E-state index contributed by atoms with van der Waals surface area (Å²) in [7, 11) is 0. The summed E-state index contributed by atoms with van der Waals surface area (Å²) >= 11 is 0. The molecule has 4 heteroatoms. The second-order valence-corrected chi connectivity index (χ2v) is 5.21. The normalized spacial score (nSPS) is 14.7. The number of ether oxygens (including phenoxy) is 1. The van der Waals surface area contributed by atoms with Gasteiger partial charge in [-0.1, -0.05) is 37.3 Å². The predicted octanol–water partition coefficient (Wildman–Crippen LogP) is 2.77. The molecule has 100 valence electrons. The van der Waals surface area contributed by atoms with E-state index in [-0.39, 0.29) is 0 Å². The van der Waals surface area contributed by atoms with Gasteiger partial charge in [0.1, 0.15) is 5.60 Å². The molecule has 0 aromatic heterocycles. The SMILES string of the molecule is CC[C@](O)(NC(=O)OC(C)(C)C)c1ccccc1. The average Bonchev–Trinajstić information content (AvgIpc) is 2.27. The van der Waals surface area contributed by atoms with Crippen LogP contribution in [0.2, 0.25) is 0 Å². The van der Waals surface area contributed by atoms with Crippen LogP contribution in [-0.4, -0.2) is 16.8 Å². The van der Waals surface area contributed by atoms with E-state index in [1.54, 1.807) is 39.8 Å². The Morgan fingerprint density at radius 1 is 1.28 bits per heavy atom. The van der Waals surface area contributed by atoms with Gasteiger partial charge < -0.3 is 9.84 Å². The summed E-state index contributed by atoms with van der Waals surface area (Å²) in [5, 5.41) is 13.0. The Balaban J connectivity index is 2.81. The second kappa shape index (κ2) is 5.40. The lowest BCUT2D eigenvalue weighted by Crippen LogP contribution is -2.47. The fourth-order valence-electron chi connectivity index (χ4n) is 1.55. The van der Waals surface area contributed by atoms with E-state index in [2.05, 4.69) is 5.32 Å². The van der Waals surface area contributed by atoms with E-state index in [0.29, 0.717) is 12.0 Å². The third-order valence-electron chi connectivity index (χ3n) is 2.47. The maximum atomic E-state index is 11.7. The summed E-state index contributed by atoms with van der Waals surface area (Å²) in [5.74, 6) is 0. The van der Waals surface area contributed by atoms with Gasteiger partial charge >= 0.3 is 6.09 Å². The van der Waals surface area contributed by atoms with Crippen molar-refractivity contribution in [3.05, 3.63) is 35.9 Å². The molecule has 18 heavy (non-hydrogen) atoms. The van der Waals surface area contributed by atoms with Gasteiger partial charge in [0.15, 0.2) is 5.72 Å². The lowest BCUT2D eigenvalue weighted by atomic mass is 10.0. The van der Waals surface area contributed by atoms with Crippen LogP contribution >= 0.6 is 0 Å². The number of hydrogen-bond acceptors (Lipinski definition) is 3. The highest BCUT2D eigenvalue weighted by Crippen LogP contribution is 2.22. The molecule has 1 amide bonds. The minimum Gasteiger partial charge on any atom is -0.444 e. The van der Waals surface area contributed by atoms with E-state index in [1.807, 2.05) is 18.2 Å². The van der Waals surface area contributed by atoms with Crippen LogP contribution in [0.4, 0.5) is 4.79 Å². The molecule has 0 bridgehead atoms. The third-order valence-corrected chi connectivity index (χ3v) is 2.47. The molecule has 1 aromatic carbocycles. The molecule has 0 saturated carbocycles. The van der Waals surface area contributed by atoms with Crippen molar-refractivity contribution >= 4 is 6.09 Å². The molecule has 0 unspecified atom stereocenters. The number of carbonyl (C=O) groups is 1. The van der Waals surface area contributed by atoms with Crippen LogP contribution in [0.1, 0.15) is 39.7 Å². The third kappa shape index (κ3) is 4.04. The summed E-state index contributed by atoms with van der Waals surface area (Å²) < 4.78 is 5.15. The topological polar surface area (TPSA) is 58.6 Å². The number of nitrogens with one attached hydrogen (secondary N) is 1. The standard InChI is InChI=1S/C14H21NO3/c1-5-14(17,11-9-7-6-8-10-11)15-12(16)18-13(2,3)4/h6-10,17H,5H2,1-4H3,(H,15,16)/t14-/m1/s1. The zero-order chi connectivity index (χ0) is 13.8. The van der Waals surface area contributed by atoms with Crippen molar-refractivity contribution in [1.29, 1.82) is 0 Å². The highest BCUT2D eigenvalue weighted by atomic mass is 16.6. The molecule has 0 saturated heterocycles. The minimum absolute atomic E-state index is 0.357. The Kier molecular flexibility index (Phi) is 4.35. The summed E-state index contributed by atoms with van der Waals surface area (Å²) in [6.07, 6.45) is -0.272. The maximum absolute atomic E-state index is 11.7. The Morgan fingerprint density at radius 2 is 1.83 bits per heavy atom. The molecule has 0 radical (unpaired) electrons. The number of hydrogen-bond donors (Lipinski definition) is 2. The van der Waals surface area contributed by atoms with Gasteiger partial charge in [-0.2, -0.15) is 0 Å². The van der Waals surface area contributed by atoms with Crippen molar-refractivity contribution in [2.75, 3.05) is 0 Å². The molecule has 0 heterocycles. The largest absolute Gasteiger partial charge is 0.444 e. The molecule has 1 aromatic rings. The van der Waals surface area contributed by atoms with Gasteiger partial charge in [-0.3, -0.25) is 5.32 Å². The molecule has 0 fully saturated rings. The van der Waals surface area contributed by atoms with Crippen LogP contribution < -0.4 is 5.32 Å². The van der Waals surface area contributed by atoms with E-state index in [1.165, 1.54) is 0 Å². The first kappa shape index (κ1) is 14.5. The molecule has 0 aliphatic carbocycles. The molecule has 1 atom stereocenters. The Hall–Kier alpha value is -1.55. The molecule has 4 nitrogen and oxygen atoms in total. The number of aliphatic hydroxyl groups is 1. The number of carbonyl (C=O) groups excluding carboxylic acids is 1. The first-order valence-corrected chi connectivity index (χ1v) is 6.06. The lowest BCUT2D eigenvalue weighted by Gasteiger charge is -2.30. The second-order valence-electron chi connectivity index (χ2n) is 5.21. The zero-order valence-electron chi connectivity index (χ0n) is 11.4. The van der Waals surface area contributed by atoms with E-state index in [0.717, 1.165) is 0 Å². The fraction of sp³-hybridized carbons (Fsp3) is 0.500. The van der Waals surface area contributed by atoms with Gasteiger partial charge in [0.05, 0.1) is 0 Å². The van der Waals surface area contributed by atoms with Gasteiger partial charge in [0.25, 0.3) is 0 Å². The van der Waals surface area contributed by atoms with Crippen LogP contribution in [-0.2, 0) is 10.5 Å². The quantitative estimate of drug-likeness (QED) is 0.812. The van der Waals surface area contributed by atoms with Crippen LogP contribution in [0.15, 0.2) is 30.3 Å². The monoisotopic (exact) mass is 251 g/mol. The van der Waals surface area contributed by atoms with Gasteiger partial charge in [-0.05, 0) is 27.2 Å². The number of alkyl carbamates (subject to hydrolysis) is 1. The van der Waals surface area contributed by atoms with E-state index in [9.17, 15) is 9.90 Å². The summed E-state index contributed by atoms with van der Waals surface area (Å²) in [6, 6.07) is 9.01. The van der Waals surface area contributed by atoms with E-state index >= 15 is 0 Å². The Bertz CT molecular complexity index is 397. The Morgan fingerprint density at radius 3 is 2.28 bits per heavy atom. The van der Waals surface area contributed by atoms with Crippen molar-refractivity contribution in [2.45, 2.75) is 45.4 Å². The Labute approximate surface area is 108 Å². The van der Waals surface area contributed by atoms with Crippen LogP contribution in [0.25, 0.3) is 0 Å². The number of amides is 1. The highest BCUT2D eigenvalue weighted by Gasteiger charge is 2.31. The zero-order valence-corrected chi connectivity index (χ0v) is 11.4. The van der Waals surface area contributed by atoms with Gasteiger partial charge in [-0.25, -0.2) is 4.79 Å². The molecule has 0 aliphatic heterocycles. The first-order valence-electron chi connectivity index (χ1n) is 6.06. The molecule has 0 aliphatic rings. The molecule has 0 spiro atoms. The molecule has 1 rings (SSSR count). The van der Waals surface area contributed by atoms with Crippen molar-refractivity contribution < 1.29 is 14.6 Å². The maximum Gasteiger partial charge on any atom is 0.410 e. The van der Waals surface area contributed by atoms with Crippen molar-refractivity contribution in [3.8, 4) is 0 Å². The van der Waals surface area contributed by atoms with Crippen LogP contribution in [0.5, 0.6) is 0 Å². The number of rotatable bonds is 3. The molecular weight excluding hydrogens is 230 g/mol.